The Morgan fingerprint density at radius 1 is 1.40 bits per heavy atom. The Morgan fingerprint density at radius 2 is 2.20 bits per heavy atom. The van der Waals surface area contributed by atoms with Crippen LogP contribution in [-0.4, -0.2) is 26.3 Å². The van der Waals surface area contributed by atoms with Gasteiger partial charge in [0, 0.05) is 25.0 Å². The van der Waals surface area contributed by atoms with Gasteiger partial charge in [-0.1, -0.05) is 0 Å². The van der Waals surface area contributed by atoms with Crippen molar-refractivity contribution < 1.29 is 4.74 Å². The number of nitrogen functional groups attached to an aromatic ring is 1. The van der Waals surface area contributed by atoms with Crippen LogP contribution < -0.4 is 10.6 Å². The molecule has 2 N–H and O–H groups in total. The average Bonchev–Trinajstić information content (AvgIpc) is 2.67. The Labute approximate surface area is 90.8 Å². The van der Waals surface area contributed by atoms with E-state index >= 15 is 0 Å². The number of likely N-dealkylation sites (N-methyl/N-ethyl adjacent to an activating group) is 1. The molecular weight excluding hydrogens is 188 g/mol. The zero-order chi connectivity index (χ0) is 10.8. The van der Waals surface area contributed by atoms with E-state index in [4.69, 9.17) is 10.5 Å². The van der Waals surface area contributed by atoms with Crippen LogP contribution in [0.25, 0.3) is 0 Å². The quantitative estimate of drug-likeness (QED) is 0.750. The lowest BCUT2D eigenvalue weighted by atomic mass is 10.1. The van der Waals surface area contributed by atoms with Gasteiger partial charge in [0.25, 0.3) is 0 Å². The molecule has 1 saturated heterocycles. The largest absolute Gasteiger partial charge is 0.399 e. The Kier molecular flexibility index (Phi) is 2.82. The van der Waals surface area contributed by atoms with E-state index in [-0.39, 0.29) is 0 Å². The van der Waals surface area contributed by atoms with Crippen LogP contribution in [0.15, 0.2) is 18.2 Å². The molecule has 0 spiro atoms. The third-order valence-corrected chi connectivity index (χ3v) is 2.95. The molecule has 3 heteroatoms. The molecule has 0 bridgehead atoms. The molecule has 1 heterocycles. The van der Waals surface area contributed by atoms with Crippen molar-refractivity contribution in [2.24, 2.45) is 0 Å². The molecule has 1 fully saturated rings. The van der Waals surface area contributed by atoms with Crippen molar-refractivity contribution in [1.82, 2.24) is 0 Å². The molecule has 0 amide bonds. The Bertz CT molecular complexity index is 325. The van der Waals surface area contributed by atoms with E-state index in [0.717, 1.165) is 25.3 Å². The summed E-state index contributed by atoms with van der Waals surface area (Å²) in [7, 11) is 2.10. The second-order valence-electron chi connectivity index (χ2n) is 4.23. The third kappa shape index (κ3) is 2.23. The highest BCUT2D eigenvalue weighted by Crippen LogP contribution is 2.23. The van der Waals surface area contributed by atoms with Gasteiger partial charge in [0.15, 0.2) is 0 Å². The van der Waals surface area contributed by atoms with Crippen LogP contribution in [0.3, 0.4) is 0 Å². The standard InChI is InChI=1S/C12H18N2O/c1-9-5-10(13)7-12(6-9)14(2)11-3-4-15-8-11/h5-7,11H,3-4,8,13H2,1-2H3. The normalized spacial score (nSPS) is 20.5. The summed E-state index contributed by atoms with van der Waals surface area (Å²) in [5.74, 6) is 0. The minimum Gasteiger partial charge on any atom is -0.399 e. The monoisotopic (exact) mass is 206 g/mol. The maximum atomic E-state index is 5.84. The molecule has 1 aliphatic rings. The fraction of sp³-hybridized carbons (Fsp3) is 0.500. The van der Waals surface area contributed by atoms with Crippen LogP contribution >= 0.6 is 0 Å². The van der Waals surface area contributed by atoms with Crippen LogP contribution in [0.1, 0.15) is 12.0 Å². The summed E-state index contributed by atoms with van der Waals surface area (Å²) < 4.78 is 5.39. The molecule has 0 saturated carbocycles. The average molecular weight is 206 g/mol. The van der Waals surface area contributed by atoms with Gasteiger partial charge in [-0.2, -0.15) is 0 Å². The van der Waals surface area contributed by atoms with E-state index in [0.29, 0.717) is 6.04 Å². The number of aryl methyl sites for hydroxylation is 1. The topological polar surface area (TPSA) is 38.5 Å². The SMILES string of the molecule is Cc1cc(N)cc(N(C)C2CCOC2)c1. The predicted molar refractivity (Wildman–Crippen MR) is 63.2 cm³/mol. The van der Waals surface area contributed by atoms with Gasteiger partial charge in [-0.05, 0) is 37.1 Å². The van der Waals surface area contributed by atoms with Crippen molar-refractivity contribution in [2.45, 2.75) is 19.4 Å². The molecule has 0 aromatic heterocycles. The number of nitrogens with zero attached hydrogens (tertiary/aromatic N) is 1. The first-order valence-corrected chi connectivity index (χ1v) is 5.34. The second kappa shape index (κ2) is 4.11. The summed E-state index contributed by atoms with van der Waals surface area (Å²) in [5, 5.41) is 0. The van der Waals surface area contributed by atoms with Crippen LogP contribution in [0.4, 0.5) is 11.4 Å². The van der Waals surface area contributed by atoms with Gasteiger partial charge < -0.3 is 15.4 Å². The molecule has 1 unspecified atom stereocenters. The second-order valence-corrected chi connectivity index (χ2v) is 4.23. The predicted octanol–water partition coefficient (Wildman–Crippen LogP) is 1.80. The number of anilines is 2. The van der Waals surface area contributed by atoms with Crippen LogP contribution in [0.5, 0.6) is 0 Å². The number of hydrogen-bond donors (Lipinski definition) is 1. The molecule has 1 aliphatic heterocycles. The van der Waals surface area contributed by atoms with E-state index in [1.807, 2.05) is 12.1 Å². The van der Waals surface area contributed by atoms with E-state index in [9.17, 15) is 0 Å². The first kappa shape index (κ1) is 10.3. The number of benzene rings is 1. The summed E-state index contributed by atoms with van der Waals surface area (Å²) in [4.78, 5) is 2.26. The zero-order valence-corrected chi connectivity index (χ0v) is 9.36. The molecule has 1 atom stereocenters. The fourth-order valence-electron chi connectivity index (χ4n) is 2.03. The molecular formula is C12H18N2O. The lowest BCUT2D eigenvalue weighted by molar-refractivity contribution is 0.193. The van der Waals surface area contributed by atoms with Crippen molar-refractivity contribution in [1.29, 1.82) is 0 Å². The van der Waals surface area contributed by atoms with E-state index in [2.05, 4.69) is 24.9 Å². The molecule has 1 aromatic carbocycles. The molecule has 15 heavy (non-hydrogen) atoms. The maximum Gasteiger partial charge on any atom is 0.0670 e. The first-order chi connectivity index (χ1) is 7.16. The Hall–Kier alpha value is -1.22. The highest BCUT2D eigenvalue weighted by atomic mass is 16.5. The van der Waals surface area contributed by atoms with E-state index in [1.165, 1.54) is 11.3 Å². The lowest BCUT2D eigenvalue weighted by Gasteiger charge is -2.26. The molecule has 2 rings (SSSR count). The summed E-state index contributed by atoms with van der Waals surface area (Å²) in [6.45, 7) is 3.76. The van der Waals surface area contributed by atoms with Gasteiger partial charge >= 0.3 is 0 Å². The molecule has 1 aromatic rings. The van der Waals surface area contributed by atoms with Gasteiger partial charge in [0.1, 0.15) is 0 Å². The van der Waals surface area contributed by atoms with E-state index < -0.39 is 0 Å². The first-order valence-electron chi connectivity index (χ1n) is 5.34. The van der Waals surface area contributed by atoms with Crippen LogP contribution in [0, 0.1) is 6.92 Å². The highest BCUT2D eigenvalue weighted by molar-refractivity contribution is 5.58. The van der Waals surface area contributed by atoms with Gasteiger partial charge in [0.05, 0.1) is 12.6 Å². The summed E-state index contributed by atoms with van der Waals surface area (Å²) in [5.41, 5.74) is 9.06. The van der Waals surface area contributed by atoms with Gasteiger partial charge in [-0.25, -0.2) is 0 Å². The fourth-order valence-corrected chi connectivity index (χ4v) is 2.03. The number of hydrogen-bond acceptors (Lipinski definition) is 3. The van der Waals surface area contributed by atoms with E-state index in [1.54, 1.807) is 0 Å². The maximum absolute atomic E-state index is 5.84. The zero-order valence-electron chi connectivity index (χ0n) is 9.36. The van der Waals surface area contributed by atoms with Crippen molar-refractivity contribution in [3.63, 3.8) is 0 Å². The molecule has 0 radical (unpaired) electrons. The highest BCUT2D eigenvalue weighted by Gasteiger charge is 2.20. The molecule has 82 valence electrons. The summed E-state index contributed by atoms with van der Waals surface area (Å²) in [6.07, 6.45) is 1.10. The van der Waals surface area contributed by atoms with Crippen molar-refractivity contribution in [3.05, 3.63) is 23.8 Å². The minimum absolute atomic E-state index is 0.492. The minimum atomic E-state index is 0.492. The summed E-state index contributed by atoms with van der Waals surface area (Å²) >= 11 is 0. The summed E-state index contributed by atoms with van der Waals surface area (Å²) in [6, 6.07) is 6.66. The van der Waals surface area contributed by atoms with Gasteiger partial charge in [-0.3, -0.25) is 0 Å². The Morgan fingerprint density at radius 3 is 2.80 bits per heavy atom. The molecule has 3 nitrogen and oxygen atoms in total. The van der Waals surface area contributed by atoms with Gasteiger partial charge in [-0.15, -0.1) is 0 Å². The van der Waals surface area contributed by atoms with Crippen LogP contribution in [0.2, 0.25) is 0 Å². The third-order valence-electron chi connectivity index (χ3n) is 2.95. The lowest BCUT2D eigenvalue weighted by Crippen LogP contribution is -2.31. The van der Waals surface area contributed by atoms with Crippen molar-refractivity contribution in [3.8, 4) is 0 Å². The van der Waals surface area contributed by atoms with Crippen molar-refractivity contribution >= 4 is 11.4 Å². The number of ether oxygens (including phenoxy) is 1. The number of rotatable bonds is 2. The smallest absolute Gasteiger partial charge is 0.0670 e. The molecule has 0 aliphatic carbocycles. The van der Waals surface area contributed by atoms with Gasteiger partial charge in [0.2, 0.25) is 0 Å². The number of nitrogens with two attached hydrogens (primary N) is 1. The van der Waals surface area contributed by atoms with Crippen molar-refractivity contribution in [2.75, 3.05) is 30.9 Å². The Balaban J connectivity index is 2.20. The van der Waals surface area contributed by atoms with Crippen LogP contribution in [-0.2, 0) is 4.74 Å².